The molecule has 1 amide bonds. The molecule has 0 radical (unpaired) electrons. The zero-order valence-corrected chi connectivity index (χ0v) is 10.5. The largest absolute Gasteiger partial charge is 0.503 e. The molecular weight excluding hydrogens is 254 g/mol. The van der Waals surface area contributed by atoms with Crippen LogP contribution >= 0.6 is 0 Å². The van der Waals surface area contributed by atoms with Gasteiger partial charge in [-0.1, -0.05) is 6.92 Å². The molecule has 0 fully saturated rings. The minimum Gasteiger partial charge on any atom is -0.503 e. The van der Waals surface area contributed by atoms with Crippen molar-refractivity contribution >= 4 is 11.9 Å². The Bertz CT molecular complexity index is 621. The molecule has 2 N–H and O–H groups in total. The van der Waals surface area contributed by atoms with Crippen LogP contribution in [0.1, 0.15) is 27.8 Å². The Balaban J connectivity index is 2.69. The molecule has 0 saturated carbocycles. The maximum atomic E-state index is 12.1. The molecule has 8 heteroatoms. The molecule has 0 atom stereocenters. The van der Waals surface area contributed by atoms with E-state index in [1.807, 2.05) is 6.92 Å². The van der Waals surface area contributed by atoms with Gasteiger partial charge in [-0.3, -0.25) is 14.6 Å². The number of aromatic nitrogens is 1. The zero-order chi connectivity index (χ0) is 14.3. The predicted octanol–water partition coefficient (Wildman–Crippen LogP) is -0.468. The first-order valence-corrected chi connectivity index (χ1v) is 5.61. The lowest BCUT2D eigenvalue weighted by Crippen LogP contribution is -2.50. The molecule has 0 bridgehead atoms. The number of hydrogen-bond donors (Lipinski definition) is 2. The first kappa shape index (κ1) is 13.1. The van der Waals surface area contributed by atoms with Gasteiger partial charge >= 0.3 is 5.97 Å². The van der Waals surface area contributed by atoms with E-state index in [0.717, 1.165) is 6.20 Å². The highest BCUT2D eigenvalue weighted by molar-refractivity contribution is 5.96. The van der Waals surface area contributed by atoms with Crippen LogP contribution in [0.2, 0.25) is 0 Å². The Morgan fingerprint density at radius 3 is 2.58 bits per heavy atom. The summed E-state index contributed by atoms with van der Waals surface area (Å²) in [5.41, 5.74) is -1.80. The number of aromatic hydroxyl groups is 1. The van der Waals surface area contributed by atoms with E-state index in [1.54, 1.807) is 5.01 Å². The van der Waals surface area contributed by atoms with Crippen LogP contribution in [0.25, 0.3) is 0 Å². The summed E-state index contributed by atoms with van der Waals surface area (Å²) < 4.78 is 1.27. The molecule has 2 heterocycles. The number of rotatable bonds is 2. The second-order valence-corrected chi connectivity index (χ2v) is 4.14. The number of carbonyl (C=O) groups excluding carboxylic acids is 1. The van der Waals surface area contributed by atoms with E-state index in [-0.39, 0.29) is 12.4 Å². The van der Waals surface area contributed by atoms with Crippen LogP contribution in [0.5, 0.6) is 5.75 Å². The van der Waals surface area contributed by atoms with Gasteiger partial charge in [0.1, 0.15) is 5.56 Å². The number of hydrazine groups is 1. The van der Waals surface area contributed by atoms with Gasteiger partial charge in [0.25, 0.3) is 5.91 Å². The zero-order valence-electron chi connectivity index (χ0n) is 10.5. The first-order chi connectivity index (χ1) is 8.88. The fourth-order valence-corrected chi connectivity index (χ4v) is 2.00. The summed E-state index contributed by atoms with van der Waals surface area (Å²) in [5, 5.41) is 21.6. The summed E-state index contributed by atoms with van der Waals surface area (Å²) in [5.74, 6) is -2.82. The topological polar surface area (TPSA) is 103 Å². The molecule has 1 aliphatic rings. The van der Waals surface area contributed by atoms with E-state index < -0.39 is 28.6 Å². The Hall–Kier alpha value is -2.35. The van der Waals surface area contributed by atoms with Gasteiger partial charge in [0.05, 0.1) is 6.67 Å². The van der Waals surface area contributed by atoms with E-state index >= 15 is 0 Å². The van der Waals surface area contributed by atoms with Gasteiger partial charge in [-0.05, 0) is 0 Å². The van der Waals surface area contributed by atoms with Crippen LogP contribution in [-0.2, 0) is 6.67 Å². The summed E-state index contributed by atoms with van der Waals surface area (Å²) >= 11 is 0. The smallest absolute Gasteiger partial charge is 0.341 e. The highest BCUT2D eigenvalue weighted by Crippen LogP contribution is 2.21. The normalized spacial score (nSPS) is 15.5. The molecule has 8 nitrogen and oxygen atoms in total. The van der Waals surface area contributed by atoms with E-state index in [9.17, 15) is 19.5 Å². The van der Waals surface area contributed by atoms with Crippen molar-refractivity contribution < 1.29 is 19.8 Å². The maximum Gasteiger partial charge on any atom is 0.341 e. The minimum atomic E-state index is -1.44. The average molecular weight is 267 g/mol. The van der Waals surface area contributed by atoms with Crippen molar-refractivity contribution in [2.24, 2.45) is 0 Å². The Morgan fingerprint density at radius 2 is 2.05 bits per heavy atom. The van der Waals surface area contributed by atoms with Crippen molar-refractivity contribution in [3.05, 3.63) is 27.7 Å². The second kappa shape index (κ2) is 4.39. The van der Waals surface area contributed by atoms with Gasteiger partial charge in [0.15, 0.2) is 11.4 Å². The number of aromatic carboxylic acids is 1. The van der Waals surface area contributed by atoms with Crippen LogP contribution in [0.4, 0.5) is 0 Å². The first-order valence-electron chi connectivity index (χ1n) is 5.61. The van der Waals surface area contributed by atoms with Gasteiger partial charge in [0, 0.05) is 19.8 Å². The molecule has 19 heavy (non-hydrogen) atoms. The van der Waals surface area contributed by atoms with E-state index in [1.165, 1.54) is 16.6 Å². The third-order valence-electron chi connectivity index (χ3n) is 3.09. The van der Waals surface area contributed by atoms with Gasteiger partial charge in [0.2, 0.25) is 5.43 Å². The summed E-state index contributed by atoms with van der Waals surface area (Å²) in [6.45, 7) is 2.54. The van der Waals surface area contributed by atoms with Gasteiger partial charge in [-0.25, -0.2) is 4.79 Å². The fourth-order valence-electron chi connectivity index (χ4n) is 2.00. The van der Waals surface area contributed by atoms with Crippen molar-refractivity contribution in [3.8, 4) is 5.75 Å². The lowest BCUT2D eigenvalue weighted by molar-refractivity contribution is -0.0250. The lowest BCUT2D eigenvalue weighted by Gasteiger charge is -2.37. The molecule has 1 aromatic heterocycles. The number of pyridine rings is 1. The van der Waals surface area contributed by atoms with Crippen molar-refractivity contribution in [2.75, 3.05) is 13.6 Å². The Labute approximate surface area is 108 Å². The molecule has 102 valence electrons. The minimum absolute atomic E-state index is 0.183. The monoisotopic (exact) mass is 267 g/mol. The molecular formula is C11H13N3O5. The predicted molar refractivity (Wildman–Crippen MR) is 63.8 cm³/mol. The third kappa shape index (κ3) is 1.85. The van der Waals surface area contributed by atoms with Crippen LogP contribution < -0.4 is 5.43 Å². The van der Waals surface area contributed by atoms with Crippen molar-refractivity contribution in [1.82, 2.24) is 14.6 Å². The lowest BCUT2D eigenvalue weighted by atomic mass is 10.2. The number of hydrogen-bond acceptors (Lipinski definition) is 5. The molecule has 1 aromatic rings. The second-order valence-electron chi connectivity index (χ2n) is 4.14. The Kier molecular flexibility index (Phi) is 3.03. The fraction of sp³-hybridized carbons (Fsp3) is 0.364. The summed E-state index contributed by atoms with van der Waals surface area (Å²) in [6, 6.07) is 0. The van der Waals surface area contributed by atoms with Gasteiger partial charge < -0.3 is 14.8 Å². The van der Waals surface area contributed by atoms with Crippen LogP contribution in [0.3, 0.4) is 0 Å². The number of carboxylic acid groups (broad SMARTS) is 1. The molecule has 0 saturated heterocycles. The van der Waals surface area contributed by atoms with Crippen LogP contribution in [0.15, 0.2) is 11.0 Å². The van der Waals surface area contributed by atoms with E-state index in [2.05, 4.69) is 0 Å². The summed E-state index contributed by atoms with van der Waals surface area (Å²) in [4.78, 5) is 34.6. The highest BCUT2D eigenvalue weighted by Gasteiger charge is 2.32. The van der Waals surface area contributed by atoms with Crippen molar-refractivity contribution in [1.29, 1.82) is 0 Å². The standard InChI is InChI=1S/C11H13N3O5/c1-3-14-5-13-4-6(11(18)19)8(15)9(16)7(13)10(17)12(14)2/h4,16H,3,5H2,1-2H3,(H,18,19). The van der Waals surface area contributed by atoms with E-state index in [4.69, 9.17) is 5.11 Å². The molecule has 0 aromatic carbocycles. The molecule has 2 rings (SSSR count). The molecule has 0 aliphatic carbocycles. The average Bonchev–Trinajstić information content (AvgIpc) is 2.37. The van der Waals surface area contributed by atoms with Crippen molar-refractivity contribution in [2.45, 2.75) is 13.6 Å². The number of carboxylic acids is 1. The highest BCUT2D eigenvalue weighted by atomic mass is 16.4. The SMILES string of the molecule is CCN1Cn2cc(C(=O)O)c(=O)c(O)c2C(=O)N1C. The van der Waals surface area contributed by atoms with E-state index in [0.29, 0.717) is 6.54 Å². The van der Waals surface area contributed by atoms with Crippen molar-refractivity contribution in [3.63, 3.8) is 0 Å². The number of nitrogens with zero attached hydrogens (tertiary/aromatic N) is 3. The Morgan fingerprint density at radius 1 is 1.42 bits per heavy atom. The number of fused-ring (bicyclic) bond motifs is 1. The van der Waals surface area contributed by atoms with Gasteiger partial charge in [-0.2, -0.15) is 5.01 Å². The van der Waals surface area contributed by atoms with Gasteiger partial charge in [-0.15, -0.1) is 0 Å². The molecule has 1 aliphatic heterocycles. The molecule has 0 unspecified atom stereocenters. The number of carbonyl (C=O) groups is 2. The summed E-state index contributed by atoms with van der Waals surface area (Å²) in [6.07, 6.45) is 1.08. The molecule has 0 spiro atoms. The number of amides is 1. The van der Waals surface area contributed by atoms with Crippen LogP contribution in [-0.4, -0.2) is 50.3 Å². The summed E-state index contributed by atoms with van der Waals surface area (Å²) in [7, 11) is 1.52. The maximum absolute atomic E-state index is 12.1. The van der Waals surface area contributed by atoms with Crippen LogP contribution in [0, 0.1) is 0 Å². The quantitative estimate of drug-likeness (QED) is 0.751. The third-order valence-corrected chi connectivity index (χ3v) is 3.09.